The van der Waals surface area contributed by atoms with Crippen molar-refractivity contribution in [2.45, 2.75) is 11.5 Å². The van der Waals surface area contributed by atoms with Gasteiger partial charge in [0.2, 0.25) is 5.91 Å². The minimum absolute atomic E-state index is 0.213. The summed E-state index contributed by atoms with van der Waals surface area (Å²) in [5, 5.41) is 4.67. The zero-order valence-electron chi connectivity index (χ0n) is 15.6. The van der Waals surface area contributed by atoms with E-state index in [1.165, 1.54) is 30.1 Å². The van der Waals surface area contributed by atoms with Crippen LogP contribution in [-0.2, 0) is 11.4 Å². The van der Waals surface area contributed by atoms with Crippen molar-refractivity contribution in [2.24, 2.45) is 5.10 Å². The van der Waals surface area contributed by atoms with Crippen molar-refractivity contribution in [2.75, 3.05) is 5.75 Å². The Morgan fingerprint density at radius 2 is 1.97 bits per heavy atom. The fraction of sp³-hybridized carbons (Fsp3) is 0.0909. The van der Waals surface area contributed by atoms with Crippen molar-refractivity contribution in [3.63, 3.8) is 0 Å². The number of benzene rings is 3. The number of hydrogen-bond acceptors (Lipinski definition) is 4. The van der Waals surface area contributed by atoms with Crippen LogP contribution in [0.25, 0.3) is 0 Å². The lowest BCUT2D eigenvalue weighted by Gasteiger charge is -2.10. The highest BCUT2D eigenvalue weighted by Gasteiger charge is 2.06. The molecule has 1 N–H and O–H groups in total. The van der Waals surface area contributed by atoms with Gasteiger partial charge in [0.05, 0.1) is 12.0 Å². The molecule has 0 bridgehead atoms. The summed E-state index contributed by atoms with van der Waals surface area (Å²) in [4.78, 5) is 13.0. The molecular formula is C22H17BrClFN2O2S. The van der Waals surface area contributed by atoms with Crippen molar-refractivity contribution >= 4 is 51.4 Å². The third-order valence-corrected chi connectivity index (χ3v) is 5.59. The Hall–Kier alpha value is -2.35. The van der Waals surface area contributed by atoms with Gasteiger partial charge >= 0.3 is 0 Å². The van der Waals surface area contributed by atoms with Crippen LogP contribution in [0.4, 0.5) is 4.39 Å². The van der Waals surface area contributed by atoms with E-state index in [1.54, 1.807) is 30.3 Å². The fourth-order valence-electron chi connectivity index (χ4n) is 2.43. The minimum atomic E-state index is -0.312. The predicted molar refractivity (Wildman–Crippen MR) is 123 cm³/mol. The summed E-state index contributed by atoms with van der Waals surface area (Å²) < 4.78 is 20.0. The summed E-state index contributed by atoms with van der Waals surface area (Å²) in [6, 6.07) is 18.9. The maximum absolute atomic E-state index is 13.3. The first-order valence-corrected chi connectivity index (χ1v) is 11.0. The van der Waals surface area contributed by atoms with Gasteiger partial charge in [-0.15, -0.1) is 11.8 Å². The molecule has 3 aromatic carbocycles. The molecule has 30 heavy (non-hydrogen) atoms. The van der Waals surface area contributed by atoms with Crippen LogP contribution in [0.1, 0.15) is 11.1 Å². The Balaban J connectivity index is 1.56. The zero-order valence-corrected chi connectivity index (χ0v) is 18.8. The van der Waals surface area contributed by atoms with Crippen molar-refractivity contribution in [1.29, 1.82) is 0 Å². The molecule has 0 saturated carbocycles. The Morgan fingerprint density at radius 1 is 1.17 bits per heavy atom. The lowest BCUT2D eigenvalue weighted by atomic mass is 10.2. The first-order chi connectivity index (χ1) is 14.5. The average molecular weight is 508 g/mol. The maximum Gasteiger partial charge on any atom is 0.250 e. The number of thioether (sulfide) groups is 1. The molecule has 0 atom stereocenters. The smallest absolute Gasteiger partial charge is 0.250 e. The maximum atomic E-state index is 13.3. The SMILES string of the molecule is O=C(CSc1ccc(Cl)cc1)N/N=C\c1cc(Br)ccc1OCc1cccc(F)c1. The van der Waals surface area contributed by atoms with E-state index in [0.29, 0.717) is 21.9 Å². The van der Waals surface area contributed by atoms with Crippen molar-refractivity contribution < 1.29 is 13.9 Å². The highest BCUT2D eigenvalue weighted by Crippen LogP contribution is 2.23. The quantitative estimate of drug-likeness (QED) is 0.229. The number of ether oxygens (including phenoxy) is 1. The molecule has 0 spiro atoms. The molecule has 0 heterocycles. The van der Waals surface area contributed by atoms with E-state index in [0.717, 1.165) is 9.37 Å². The number of nitrogens with zero attached hydrogens (tertiary/aromatic N) is 1. The van der Waals surface area contributed by atoms with Crippen LogP contribution < -0.4 is 10.2 Å². The van der Waals surface area contributed by atoms with E-state index < -0.39 is 0 Å². The highest BCUT2D eigenvalue weighted by molar-refractivity contribution is 9.10. The molecule has 154 valence electrons. The number of amides is 1. The third kappa shape index (κ3) is 7.16. The molecule has 0 aliphatic heterocycles. The highest BCUT2D eigenvalue weighted by atomic mass is 79.9. The summed E-state index contributed by atoms with van der Waals surface area (Å²) in [6.07, 6.45) is 1.51. The molecule has 1 amide bonds. The van der Waals surface area contributed by atoms with Crippen LogP contribution in [0.2, 0.25) is 5.02 Å². The first-order valence-electron chi connectivity index (χ1n) is 8.87. The van der Waals surface area contributed by atoms with Gasteiger partial charge in [-0.25, -0.2) is 9.82 Å². The van der Waals surface area contributed by atoms with E-state index in [4.69, 9.17) is 16.3 Å². The second-order valence-corrected chi connectivity index (χ2v) is 8.54. The fourth-order valence-corrected chi connectivity index (χ4v) is 3.62. The Morgan fingerprint density at radius 3 is 2.73 bits per heavy atom. The number of rotatable bonds is 8. The standard InChI is InChI=1S/C22H17BrClFN2O2S/c23-17-4-9-21(29-13-15-2-1-3-19(25)10-15)16(11-17)12-26-27-22(28)14-30-20-7-5-18(24)6-8-20/h1-12H,13-14H2,(H,27,28)/b26-12-. The lowest BCUT2D eigenvalue weighted by molar-refractivity contribution is -0.118. The molecule has 4 nitrogen and oxygen atoms in total. The van der Waals surface area contributed by atoms with Gasteiger partial charge in [0.1, 0.15) is 18.2 Å². The van der Waals surface area contributed by atoms with Crippen molar-refractivity contribution in [3.05, 3.63) is 93.2 Å². The molecule has 8 heteroatoms. The molecule has 0 unspecified atom stereocenters. The number of hydrazone groups is 1. The van der Waals surface area contributed by atoms with Gasteiger partial charge in [0.25, 0.3) is 0 Å². The van der Waals surface area contributed by atoms with Crippen LogP contribution in [0.15, 0.2) is 81.2 Å². The molecule has 3 rings (SSSR count). The van der Waals surface area contributed by atoms with Crippen LogP contribution in [-0.4, -0.2) is 17.9 Å². The molecule has 3 aromatic rings. The number of nitrogens with one attached hydrogen (secondary N) is 1. The minimum Gasteiger partial charge on any atom is -0.488 e. The molecular weight excluding hydrogens is 491 g/mol. The van der Waals surface area contributed by atoms with Gasteiger partial charge in [0, 0.05) is 20.0 Å². The largest absolute Gasteiger partial charge is 0.488 e. The molecule has 0 aliphatic rings. The normalized spacial score (nSPS) is 10.9. The Bertz CT molecular complexity index is 1050. The van der Waals surface area contributed by atoms with Crippen LogP contribution in [0.3, 0.4) is 0 Å². The Labute approximate surface area is 191 Å². The first kappa shape index (κ1) is 22.3. The van der Waals surface area contributed by atoms with E-state index in [1.807, 2.05) is 24.3 Å². The molecule has 0 fully saturated rings. The van der Waals surface area contributed by atoms with Gasteiger partial charge in [-0.05, 0) is 60.2 Å². The van der Waals surface area contributed by atoms with E-state index in [9.17, 15) is 9.18 Å². The predicted octanol–water partition coefficient (Wildman–Crippen LogP) is 6.06. The zero-order chi connectivity index (χ0) is 21.3. The average Bonchev–Trinajstić information content (AvgIpc) is 2.73. The van der Waals surface area contributed by atoms with Gasteiger partial charge in [-0.2, -0.15) is 5.10 Å². The summed E-state index contributed by atoms with van der Waals surface area (Å²) >= 11 is 10.7. The summed E-state index contributed by atoms with van der Waals surface area (Å²) in [7, 11) is 0. The Kier molecular flexibility index (Phi) is 8.30. The monoisotopic (exact) mass is 506 g/mol. The number of carbonyl (C=O) groups excluding carboxylic acids is 1. The summed E-state index contributed by atoms with van der Waals surface area (Å²) in [5.41, 5.74) is 3.89. The second-order valence-electron chi connectivity index (χ2n) is 6.14. The summed E-state index contributed by atoms with van der Waals surface area (Å²) in [6.45, 7) is 0.213. The number of hydrogen-bond donors (Lipinski definition) is 1. The second kappa shape index (κ2) is 11.2. The third-order valence-electron chi connectivity index (χ3n) is 3.83. The molecule has 0 aliphatic carbocycles. The van der Waals surface area contributed by atoms with Gasteiger partial charge < -0.3 is 4.74 Å². The molecule has 0 radical (unpaired) electrons. The summed E-state index contributed by atoms with van der Waals surface area (Å²) in [5.74, 6) is 0.243. The van der Waals surface area contributed by atoms with Crippen LogP contribution in [0, 0.1) is 5.82 Å². The van der Waals surface area contributed by atoms with Crippen LogP contribution >= 0.6 is 39.3 Å². The number of carbonyl (C=O) groups is 1. The topological polar surface area (TPSA) is 50.7 Å². The lowest BCUT2D eigenvalue weighted by Crippen LogP contribution is -2.19. The van der Waals surface area contributed by atoms with Gasteiger partial charge in [-0.3, -0.25) is 4.79 Å². The van der Waals surface area contributed by atoms with Crippen molar-refractivity contribution in [3.8, 4) is 5.75 Å². The van der Waals surface area contributed by atoms with Gasteiger partial charge in [0.15, 0.2) is 0 Å². The number of halogens is 3. The van der Waals surface area contributed by atoms with Crippen molar-refractivity contribution in [1.82, 2.24) is 5.43 Å². The molecule has 0 aromatic heterocycles. The van der Waals surface area contributed by atoms with Gasteiger partial charge in [-0.1, -0.05) is 39.7 Å². The molecule has 0 saturated heterocycles. The van der Waals surface area contributed by atoms with E-state index in [-0.39, 0.29) is 24.1 Å². The van der Waals surface area contributed by atoms with Crippen LogP contribution in [0.5, 0.6) is 5.75 Å². The van der Waals surface area contributed by atoms with E-state index >= 15 is 0 Å². The van der Waals surface area contributed by atoms with E-state index in [2.05, 4.69) is 26.5 Å².